The maximum Gasteiger partial charge on any atom is 0.245 e. The van der Waals surface area contributed by atoms with Gasteiger partial charge in [0.1, 0.15) is 6.04 Å². The molecule has 2 aliphatic rings. The van der Waals surface area contributed by atoms with E-state index in [1.807, 2.05) is 33.9 Å². The number of aromatic amines is 1. The minimum atomic E-state index is -0.344. The first-order valence-corrected chi connectivity index (χ1v) is 11.1. The number of piperidine rings is 1. The third-order valence-electron chi connectivity index (χ3n) is 5.83. The highest BCUT2D eigenvalue weighted by molar-refractivity contribution is 7.71. The molecular formula is C19H27N5OS2. The van der Waals surface area contributed by atoms with Crippen LogP contribution < -0.4 is 0 Å². The second-order valence-electron chi connectivity index (χ2n) is 7.65. The molecule has 2 aromatic rings. The summed E-state index contributed by atoms with van der Waals surface area (Å²) in [5, 5.41) is 9.22. The van der Waals surface area contributed by atoms with Gasteiger partial charge in [-0.05, 0) is 75.3 Å². The zero-order chi connectivity index (χ0) is 18.8. The van der Waals surface area contributed by atoms with E-state index >= 15 is 0 Å². The van der Waals surface area contributed by atoms with Crippen molar-refractivity contribution in [3.8, 4) is 10.7 Å². The fourth-order valence-corrected chi connectivity index (χ4v) is 5.29. The fourth-order valence-electron chi connectivity index (χ4n) is 4.28. The first-order valence-electron chi connectivity index (χ1n) is 9.85. The van der Waals surface area contributed by atoms with Crippen LogP contribution in [0.2, 0.25) is 0 Å². The van der Waals surface area contributed by atoms with Crippen LogP contribution in [0.3, 0.4) is 0 Å². The van der Waals surface area contributed by atoms with Crippen LogP contribution in [0.4, 0.5) is 0 Å². The number of hydrogen-bond acceptors (Lipinski definition) is 5. The number of thiophene rings is 1. The van der Waals surface area contributed by atoms with Crippen LogP contribution in [-0.2, 0) is 4.79 Å². The Hall–Kier alpha value is -1.51. The number of carbonyl (C=O) groups excluding carboxylic acids is 1. The van der Waals surface area contributed by atoms with Gasteiger partial charge in [0.25, 0.3) is 0 Å². The predicted octanol–water partition coefficient (Wildman–Crippen LogP) is 3.56. The molecule has 2 saturated heterocycles. The van der Waals surface area contributed by atoms with E-state index < -0.39 is 0 Å². The van der Waals surface area contributed by atoms with Crippen molar-refractivity contribution in [3.05, 3.63) is 22.3 Å². The minimum absolute atomic E-state index is 0.143. The molecule has 2 aliphatic heterocycles. The van der Waals surface area contributed by atoms with Crippen LogP contribution in [0.15, 0.2) is 17.5 Å². The Labute approximate surface area is 169 Å². The molecular weight excluding hydrogens is 378 g/mol. The Bertz CT molecular complexity index is 814. The van der Waals surface area contributed by atoms with Crippen LogP contribution in [0.5, 0.6) is 0 Å². The molecule has 1 atom stereocenters. The summed E-state index contributed by atoms with van der Waals surface area (Å²) in [7, 11) is 0. The lowest BCUT2D eigenvalue weighted by Gasteiger charge is -2.35. The van der Waals surface area contributed by atoms with E-state index in [1.165, 1.54) is 32.5 Å². The number of H-pyrrole nitrogens is 1. The molecule has 27 heavy (non-hydrogen) atoms. The highest BCUT2D eigenvalue weighted by Crippen LogP contribution is 2.28. The van der Waals surface area contributed by atoms with Gasteiger partial charge < -0.3 is 9.80 Å². The summed E-state index contributed by atoms with van der Waals surface area (Å²) < 4.78 is 2.36. The van der Waals surface area contributed by atoms with Gasteiger partial charge in [0.15, 0.2) is 10.6 Å². The van der Waals surface area contributed by atoms with Crippen LogP contribution in [0.25, 0.3) is 10.7 Å². The van der Waals surface area contributed by atoms with Gasteiger partial charge >= 0.3 is 0 Å². The molecule has 146 valence electrons. The number of likely N-dealkylation sites (tertiary alicyclic amines) is 2. The minimum Gasteiger partial charge on any atom is -0.341 e. The summed E-state index contributed by atoms with van der Waals surface area (Å²) in [5.41, 5.74) is 0. The Morgan fingerprint density at radius 1 is 1.33 bits per heavy atom. The molecule has 0 spiro atoms. The Morgan fingerprint density at radius 3 is 2.74 bits per heavy atom. The topological polar surface area (TPSA) is 57.2 Å². The molecule has 4 rings (SSSR count). The average molecular weight is 406 g/mol. The highest BCUT2D eigenvalue weighted by Gasteiger charge is 2.30. The van der Waals surface area contributed by atoms with E-state index in [1.54, 1.807) is 11.3 Å². The molecule has 4 heterocycles. The zero-order valence-electron chi connectivity index (χ0n) is 15.8. The van der Waals surface area contributed by atoms with Crippen molar-refractivity contribution in [3.63, 3.8) is 0 Å². The van der Waals surface area contributed by atoms with Crippen molar-refractivity contribution < 1.29 is 4.79 Å². The van der Waals surface area contributed by atoms with Gasteiger partial charge in [-0.2, -0.15) is 5.10 Å². The number of carbonyl (C=O) groups is 1. The molecule has 0 saturated carbocycles. The summed E-state index contributed by atoms with van der Waals surface area (Å²) >= 11 is 7.02. The number of aromatic nitrogens is 3. The van der Waals surface area contributed by atoms with E-state index in [9.17, 15) is 4.79 Å². The van der Waals surface area contributed by atoms with Crippen molar-refractivity contribution in [2.24, 2.45) is 5.92 Å². The van der Waals surface area contributed by atoms with E-state index in [4.69, 9.17) is 12.2 Å². The largest absolute Gasteiger partial charge is 0.341 e. The van der Waals surface area contributed by atoms with Crippen LogP contribution in [0, 0.1) is 10.7 Å². The second kappa shape index (κ2) is 8.24. The van der Waals surface area contributed by atoms with Gasteiger partial charge in [0, 0.05) is 19.6 Å². The molecule has 1 N–H and O–H groups in total. The standard InChI is InChI=1S/C19H27N5OS2/c1-14(24-17(20-21-19(24)26)16-5-4-12-27-16)18(25)23-10-6-15(7-11-23)13-22-8-2-3-9-22/h4-5,12,14-15H,2-3,6-11,13H2,1H3,(H,21,26). The Morgan fingerprint density at radius 2 is 2.07 bits per heavy atom. The van der Waals surface area contributed by atoms with Crippen molar-refractivity contribution in [1.29, 1.82) is 0 Å². The maximum atomic E-state index is 13.1. The third kappa shape index (κ3) is 4.02. The lowest BCUT2D eigenvalue weighted by atomic mass is 9.96. The van der Waals surface area contributed by atoms with E-state index in [2.05, 4.69) is 15.1 Å². The molecule has 2 fully saturated rings. The average Bonchev–Trinajstić information content (AvgIpc) is 3.43. The Balaban J connectivity index is 1.40. The summed E-state index contributed by atoms with van der Waals surface area (Å²) in [4.78, 5) is 18.7. The molecule has 2 aromatic heterocycles. The lowest BCUT2D eigenvalue weighted by molar-refractivity contribution is -0.135. The third-order valence-corrected chi connectivity index (χ3v) is 6.99. The monoisotopic (exact) mass is 405 g/mol. The van der Waals surface area contributed by atoms with Crippen molar-refractivity contribution in [2.75, 3.05) is 32.7 Å². The van der Waals surface area contributed by atoms with Crippen molar-refractivity contribution >= 4 is 29.5 Å². The summed E-state index contributed by atoms with van der Waals surface area (Å²) in [6.07, 6.45) is 4.88. The van der Waals surface area contributed by atoms with Crippen molar-refractivity contribution in [2.45, 2.75) is 38.6 Å². The van der Waals surface area contributed by atoms with Gasteiger partial charge in [0.05, 0.1) is 4.88 Å². The molecule has 1 amide bonds. The number of amides is 1. The molecule has 0 radical (unpaired) electrons. The molecule has 8 heteroatoms. The predicted molar refractivity (Wildman–Crippen MR) is 110 cm³/mol. The Kier molecular flexibility index (Phi) is 5.75. The number of hydrogen-bond donors (Lipinski definition) is 1. The number of nitrogens with one attached hydrogen (secondary N) is 1. The van der Waals surface area contributed by atoms with Crippen LogP contribution in [-0.4, -0.2) is 63.2 Å². The van der Waals surface area contributed by atoms with Gasteiger partial charge in [-0.15, -0.1) is 11.3 Å². The molecule has 6 nitrogen and oxygen atoms in total. The van der Waals surface area contributed by atoms with E-state index in [0.717, 1.165) is 42.6 Å². The first-order chi connectivity index (χ1) is 13.1. The van der Waals surface area contributed by atoms with Crippen LogP contribution in [0.1, 0.15) is 38.6 Å². The van der Waals surface area contributed by atoms with Crippen LogP contribution >= 0.6 is 23.6 Å². The lowest BCUT2D eigenvalue weighted by Crippen LogP contribution is -2.43. The summed E-state index contributed by atoms with van der Waals surface area (Å²) in [5.74, 6) is 1.62. The fraction of sp³-hybridized carbons (Fsp3) is 0.632. The quantitative estimate of drug-likeness (QED) is 0.773. The summed E-state index contributed by atoms with van der Waals surface area (Å²) in [6, 6.07) is 3.65. The zero-order valence-corrected chi connectivity index (χ0v) is 17.4. The van der Waals surface area contributed by atoms with Gasteiger partial charge in [0.2, 0.25) is 5.91 Å². The molecule has 0 bridgehead atoms. The van der Waals surface area contributed by atoms with Gasteiger partial charge in [-0.1, -0.05) is 6.07 Å². The normalized spacial score (nSPS) is 20.3. The molecule has 0 aliphatic carbocycles. The SMILES string of the molecule is CC(C(=O)N1CCC(CN2CCCC2)CC1)n1c(-c2cccs2)n[nH]c1=S. The first kappa shape index (κ1) is 18.8. The van der Waals surface area contributed by atoms with E-state index in [-0.39, 0.29) is 11.9 Å². The second-order valence-corrected chi connectivity index (χ2v) is 8.99. The molecule has 1 unspecified atom stereocenters. The molecule has 0 aromatic carbocycles. The maximum absolute atomic E-state index is 13.1. The number of rotatable bonds is 5. The smallest absolute Gasteiger partial charge is 0.245 e. The summed E-state index contributed by atoms with van der Waals surface area (Å²) in [6.45, 7) is 7.33. The van der Waals surface area contributed by atoms with Gasteiger partial charge in [-0.3, -0.25) is 14.5 Å². The van der Waals surface area contributed by atoms with Crippen molar-refractivity contribution in [1.82, 2.24) is 24.6 Å². The highest BCUT2D eigenvalue weighted by atomic mass is 32.1. The van der Waals surface area contributed by atoms with E-state index in [0.29, 0.717) is 4.77 Å². The number of nitrogens with zero attached hydrogens (tertiary/aromatic N) is 4. The van der Waals surface area contributed by atoms with Gasteiger partial charge in [-0.25, -0.2) is 0 Å².